The van der Waals surface area contributed by atoms with E-state index >= 15 is 0 Å². The third kappa shape index (κ3) is 3.93. The Balaban J connectivity index is 1.33. The lowest BCUT2D eigenvalue weighted by atomic mass is 9.85. The zero-order valence-electron chi connectivity index (χ0n) is 18.0. The number of rotatable bonds is 5. The Kier molecular flexibility index (Phi) is 5.65. The van der Waals surface area contributed by atoms with Gasteiger partial charge < -0.3 is 14.8 Å². The predicted octanol–water partition coefficient (Wildman–Crippen LogP) is 5.07. The van der Waals surface area contributed by atoms with Crippen LogP contribution in [0.25, 0.3) is 11.0 Å². The second-order valence-corrected chi connectivity index (χ2v) is 10.1. The maximum Gasteiger partial charge on any atom is 0.223 e. The number of piperidine rings is 1. The molecular formula is C24H33ClN4O. The third-order valence-electron chi connectivity index (χ3n) is 7.52. The fourth-order valence-corrected chi connectivity index (χ4v) is 5.48. The van der Waals surface area contributed by atoms with Gasteiger partial charge in [-0.25, -0.2) is 4.98 Å². The van der Waals surface area contributed by atoms with E-state index in [1.54, 1.807) is 0 Å². The SMILES string of the molecule is Cc1cc2c(cc1Cl)nc(N1CCC(C(=O)NC3CCCC3)CC1)n2CC1CCC1. The third-order valence-corrected chi connectivity index (χ3v) is 7.93. The minimum atomic E-state index is 0.142. The highest BCUT2D eigenvalue weighted by molar-refractivity contribution is 6.32. The van der Waals surface area contributed by atoms with Crippen LogP contribution in [0.5, 0.6) is 0 Å². The number of aryl methyl sites for hydroxylation is 1. The highest BCUT2D eigenvalue weighted by atomic mass is 35.5. The van der Waals surface area contributed by atoms with Crippen molar-refractivity contribution in [1.29, 1.82) is 0 Å². The molecule has 1 amide bonds. The highest BCUT2D eigenvalue weighted by Gasteiger charge is 2.30. The van der Waals surface area contributed by atoms with Crippen LogP contribution >= 0.6 is 11.6 Å². The lowest BCUT2D eigenvalue weighted by Crippen LogP contribution is -2.44. The molecule has 1 aliphatic heterocycles. The number of benzene rings is 1. The highest BCUT2D eigenvalue weighted by Crippen LogP contribution is 2.34. The van der Waals surface area contributed by atoms with Crippen LogP contribution in [0.4, 0.5) is 5.95 Å². The maximum absolute atomic E-state index is 12.7. The van der Waals surface area contributed by atoms with Crippen molar-refractivity contribution in [2.24, 2.45) is 11.8 Å². The second kappa shape index (κ2) is 8.41. The number of amides is 1. The number of aromatic nitrogens is 2. The van der Waals surface area contributed by atoms with Crippen molar-refractivity contribution in [3.63, 3.8) is 0 Å². The summed E-state index contributed by atoms with van der Waals surface area (Å²) >= 11 is 6.40. The Morgan fingerprint density at radius 3 is 2.50 bits per heavy atom. The van der Waals surface area contributed by atoms with E-state index in [-0.39, 0.29) is 11.8 Å². The molecule has 2 aromatic rings. The van der Waals surface area contributed by atoms with Crippen LogP contribution in [0.2, 0.25) is 5.02 Å². The quantitative estimate of drug-likeness (QED) is 0.722. The first-order valence-electron chi connectivity index (χ1n) is 11.8. The topological polar surface area (TPSA) is 50.2 Å². The van der Waals surface area contributed by atoms with Crippen LogP contribution in [0, 0.1) is 18.8 Å². The fourth-order valence-electron chi connectivity index (χ4n) is 5.32. The molecule has 6 heteroatoms. The molecule has 1 aromatic carbocycles. The van der Waals surface area contributed by atoms with Crippen LogP contribution in [0.15, 0.2) is 12.1 Å². The van der Waals surface area contributed by atoms with Gasteiger partial charge in [0.05, 0.1) is 11.0 Å². The standard InChI is InChI=1S/C24H33ClN4O/c1-16-13-22-21(14-20(16)25)27-24(29(22)15-17-5-4-6-17)28-11-9-18(10-12-28)23(30)26-19-7-2-3-8-19/h13-14,17-19H,2-12,15H2,1H3,(H,26,30). The summed E-state index contributed by atoms with van der Waals surface area (Å²) in [4.78, 5) is 20.1. The monoisotopic (exact) mass is 428 g/mol. The number of imidazole rings is 1. The van der Waals surface area contributed by atoms with Crippen molar-refractivity contribution in [1.82, 2.24) is 14.9 Å². The lowest BCUT2D eigenvalue weighted by molar-refractivity contribution is -0.126. The van der Waals surface area contributed by atoms with Gasteiger partial charge in [-0.1, -0.05) is 30.9 Å². The number of anilines is 1. The summed E-state index contributed by atoms with van der Waals surface area (Å²) in [5.41, 5.74) is 3.29. The number of carbonyl (C=O) groups excluding carboxylic acids is 1. The second-order valence-electron chi connectivity index (χ2n) is 9.66. The molecule has 0 unspecified atom stereocenters. The van der Waals surface area contributed by atoms with E-state index in [9.17, 15) is 4.79 Å². The van der Waals surface area contributed by atoms with Gasteiger partial charge in [0.2, 0.25) is 11.9 Å². The van der Waals surface area contributed by atoms with Crippen molar-refractivity contribution in [3.8, 4) is 0 Å². The summed E-state index contributed by atoms with van der Waals surface area (Å²) < 4.78 is 2.42. The summed E-state index contributed by atoms with van der Waals surface area (Å²) in [5, 5.41) is 4.08. The fraction of sp³-hybridized carbons (Fsp3) is 0.667. The van der Waals surface area contributed by atoms with Gasteiger partial charge in [-0.2, -0.15) is 0 Å². The van der Waals surface area contributed by atoms with Gasteiger partial charge in [-0.3, -0.25) is 4.79 Å². The number of carbonyl (C=O) groups is 1. The number of fused-ring (bicyclic) bond motifs is 1. The molecule has 1 saturated heterocycles. The average molecular weight is 429 g/mol. The van der Waals surface area contributed by atoms with Crippen LogP contribution < -0.4 is 10.2 Å². The molecule has 2 aliphatic carbocycles. The van der Waals surface area contributed by atoms with E-state index in [4.69, 9.17) is 16.6 Å². The molecule has 0 radical (unpaired) electrons. The molecule has 3 fully saturated rings. The van der Waals surface area contributed by atoms with E-state index in [1.807, 2.05) is 6.07 Å². The number of nitrogens with one attached hydrogen (secondary N) is 1. The van der Waals surface area contributed by atoms with Crippen LogP contribution in [0.1, 0.15) is 63.4 Å². The molecule has 162 valence electrons. The average Bonchev–Trinajstić information content (AvgIpc) is 3.33. The van der Waals surface area contributed by atoms with E-state index in [0.717, 1.165) is 73.3 Å². The molecular weight excluding hydrogens is 396 g/mol. The summed E-state index contributed by atoms with van der Waals surface area (Å²) in [6, 6.07) is 4.61. The largest absolute Gasteiger partial charge is 0.353 e. The molecule has 0 spiro atoms. The number of hydrogen-bond donors (Lipinski definition) is 1. The van der Waals surface area contributed by atoms with Crippen molar-refractivity contribution < 1.29 is 4.79 Å². The molecule has 2 heterocycles. The van der Waals surface area contributed by atoms with Gasteiger partial charge >= 0.3 is 0 Å². The van der Waals surface area contributed by atoms with Gasteiger partial charge in [-0.05, 0) is 69.1 Å². The van der Waals surface area contributed by atoms with Crippen molar-refractivity contribution >= 4 is 34.5 Å². The maximum atomic E-state index is 12.7. The minimum Gasteiger partial charge on any atom is -0.353 e. The predicted molar refractivity (Wildman–Crippen MR) is 122 cm³/mol. The molecule has 5 rings (SSSR count). The van der Waals surface area contributed by atoms with E-state index in [1.165, 1.54) is 37.6 Å². The zero-order valence-corrected chi connectivity index (χ0v) is 18.8. The van der Waals surface area contributed by atoms with Crippen molar-refractivity contribution in [3.05, 3.63) is 22.7 Å². The summed E-state index contributed by atoms with van der Waals surface area (Å²) in [5.74, 6) is 2.23. The normalized spacial score (nSPS) is 21.3. The van der Waals surface area contributed by atoms with E-state index in [0.29, 0.717) is 6.04 Å². The van der Waals surface area contributed by atoms with Gasteiger partial charge in [0.15, 0.2) is 0 Å². The summed E-state index contributed by atoms with van der Waals surface area (Å²) in [6.45, 7) is 4.89. The first kappa shape index (κ1) is 20.2. The smallest absolute Gasteiger partial charge is 0.223 e. The van der Waals surface area contributed by atoms with Gasteiger partial charge in [0.25, 0.3) is 0 Å². The van der Waals surface area contributed by atoms with Crippen LogP contribution in [0.3, 0.4) is 0 Å². The molecule has 5 nitrogen and oxygen atoms in total. The van der Waals surface area contributed by atoms with Crippen molar-refractivity contribution in [2.45, 2.75) is 77.3 Å². The zero-order chi connectivity index (χ0) is 20.7. The Labute approximate surface area is 184 Å². The molecule has 2 saturated carbocycles. The van der Waals surface area contributed by atoms with Gasteiger partial charge in [0.1, 0.15) is 0 Å². The van der Waals surface area contributed by atoms with Crippen molar-refractivity contribution in [2.75, 3.05) is 18.0 Å². The molecule has 1 aromatic heterocycles. The Hall–Kier alpha value is -1.75. The number of hydrogen-bond acceptors (Lipinski definition) is 3. The summed E-state index contributed by atoms with van der Waals surface area (Å²) in [7, 11) is 0. The molecule has 3 aliphatic rings. The first-order chi connectivity index (χ1) is 14.6. The molecule has 0 bridgehead atoms. The molecule has 0 atom stereocenters. The van der Waals surface area contributed by atoms with Crippen LogP contribution in [-0.4, -0.2) is 34.6 Å². The molecule has 1 N–H and O–H groups in total. The number of nitrogens with zero attached hydrogens (tertiary/aromatic N) is 3. The Morgan fingerprint density at radius 2 is 1.83 bits per heavy atom. The Morgan fingerprint density at radius 1 is 1.10 bits per heavy atom. The molecule has 30 heavy (non-hydrogen) atoms. The Bertz CT molecular complexity index is 921. The van der Waals surface area contributed by atoms with Crippen LogP contribution in [-0.2, 0) is 11.3 Å². The lowest BCUT2D eigenvalue weighted by Gasteiger charge is -2.34. The minimum absolute atomic E-state index is 0.142. The summed E-state index contributed by atoms with van der Waals surface area (Å²) in [6.07, 6.45) is 10.6. The number of halogens is 1. The van der Waals surface area contributed by atoms with Gasteiger partial charge in [-0.15, -0.1) is 0 Å². The first-order valence-corrected chi connectivity index (χ1v) is 12.2. The van der Waals surface area contributed by atoms with E-state index in [2.05, 4.69) is 27.8 Å². The van der Waals surface area contributed by atoms with Gasteiger partial charge in [0, 0.05) is 36.6 Å². The van der Waals surface area contributed by atoms with E-state index < -0.39 is 0 Å².